The highest BCUT2D eigenvalue weighted by Gasteiger charge is 2.21. The molecule has 0 amide bonds. The SMILES string of the molecule is C=C(CC(C)(C)C)N1CCN(c2cccnc2)CC1. The molecular formula is C16H25N3. The monoisotopic (exact) mass is 259 g/mol. The molecule has 2 rings (SSSR count). The summed E-state index contributed by atoms with van der Waals surface area (Å²) in [5.41, 5.74) is 2.82. The van der Waals surface area contributed by atoms with Crippen LogP contribution in [0.15, 0.2) is 36.8 Å². The van der Waals surface area contributed by atoms with Crippen molar-refractivity contribution in [2.24, 2.45) is 5.41 Å². The third-order valence-electron chi connectivity index (χ3n) is 3.47. The highest BCUT2D eigenvalue weighted by atomic mass is 15.3. The van der Waals surface area contributed by atoms with Crippen molar-refractivity contribution >= 4 is 5.69 Å². The maximum atomic E-state index is 4.26. The fraction of sp³-hybridized carbons (Fsp3) is 0.562. The number of allylic oxidation sites excluding steroid dienone is 1. The van der Waals surface area contributed by atoms with Crippen molar-refractivity contribution in [1.82, 2.24) is 9.88 Å². The molecule has 0 radical (unpaired) electrons. The second-order valence-electron chi connectivity index (χ2n) is 6.49. The summed E-state index contributed by atoms with van der Waals surface area (Å²) in [7, 11) is 0. The molecular weight excluding hydrogens is 234 g/mol. The molecule has 0 bridgehead atoms. The largest absolute Gasteiger partial charge is 0.372 e. The zero-order valence-corrected chi connectivity index (χ0v) is 12.4. The van der Waals surface area contributed by atoms with Crippen LogP contribution in [0.4, 0.5) is 5.69 Å². The van der Waals surface area contributed by atoms with E-state index in [1.54, 1.807) is 0 Å². The minimum Gasteiger partial charge on any atom is -0.372 e. The Hall–Kier alpha value is -1.51. The van der Waals surface area contributed by atoms with Crippen LogP contribution in [0.5, 0.6) is 0 Å². The van der Waals surface area contributed by atoms with Crippen molar-refractivity contribution < 1.29 is 0 Å². The first-order valence-electron chi connectivity index (χ1n) is 7.03. The van der Waals surface area contributed by atoms with Crippen molar-refractivity contribution in [3.05, 3.63) is 36.8 Å². The summed E-state index contributed by atoms with van der Waals surface area (Å²) in [4.78, 5) is 9.02. The van der Waals surface area contributed by atoms with E-state index in [1.807, 2.05) is 18.5 Å². The molecule has 3 heteroatoms. The average molecular weight is 259 g/mol. The van der Waals surface area contributed by atoms with Gasteiger partial charge in [-0.1, -0.05) is 27.4 Å². The van der Waals surface area contributed by atoms with Crippen molar-refractivity contribution in [2.75, 3.05) is 31.1 Å². The van der Waals surface area contributed by atoms with Crippen LogP contribution in [-0.4, -0.2) is 36.1 Å². The molecule has 3 nitrogen and oxygen atoms in total. The summed E-state index contributed by atoms with van der Waals surface area (Å²) in [6.45, 7) is 15.3. The van der Waals surface area contributed by atoms with Gasteiger partial charge in [-0.05, 0) is 24.0 Å². The van der Waals surface area contributed by atoms with Gasteiger partial charge in [-0.25, -0.2) is 0 Å². The van der Waals surface area contributed by atoms with Crippen LogP contribution in [0, 0.1) is 5.41 Å². The maximum absolute atomic E-state index is 4.26. The molecule has 0 atom stereocenters. The Labute approximate surface area is 116 Å². The number of hydrogen-bond acceptors (Lipinski definition) is 3. The number of hydrogen-bond donors (Lipinski definition) is 0. The topological polar surface area (TPSA) is 19.4 Å². The molecule has 104 valence electrons. The summed E-state index contributed by atoms with van der Waals surface area (Å²) < 4.78 is 0. The van der Waals surface area contributed by atoms with Gasteiger partial charge < -0.3 is 9.80 Å². The molecule has 0 aromatic carbocycles. The molecule has 1 aromatic rings. The predicted molar refractivity (Wildman–Crippen MR) is 81.2 cm³/mol. The van der Waals surface area contributed by atoms with Gasteiger partial charge in [0.25, 0.3) is 0 Å². The number of aromatic nitrogens is 1. The lowest BCUT2D eigenvalue weighted by Crippen LogP contribution is -2.46. The van der Waals surface area contributed by atoms with E-state index in [-0.39, 0.29) is 0 Å². The van der Waals surface area contributed by atoms with E-state index < -0.39 is 0 Å². The Kier molecular flexibility index (Phi) is 4.13. The summed E-state index contributed by atoms with van der Waals surface area (Å²) in [6.07, 6.45) is 4.84. The first-order chi connectivity index (χ1) is 8.96. The normalized spacial score (nSPS) is 16.6. The summed E-state index contributed by atoms with van der Waals surface area (Å²) in [5.74, 6) is 0. The second kappa shape index (κ2) is 5.64. The van der Waals surface area contributed by atoms with E-state index in [9.17, 15) is 0 Å². The zero-order valence-electron chi connectivity index (χ0n) is 12.4. The van der Waals surface area contributed by atoms with Crippen LogP contribution < -0.4 is 4.90 Å². The van der Waals surface area contributed by atoms with Crippen LogP contribution >= 0.6 is 0 Å². The fourth-order valence-corrected chi connectivity index (χ4v) is 2.55. The third kappa shape index (κ3) is 3.98. The first-order valence-corrected chi connectivity index (χ1v) is 7.03. The Morgan fingerprint density at radius 3 is 2.47 bits per heavy atom. The van der Waals surface area contributed by atoms with Crippen LogP contribution in [0.2, 0.25) is 0 Å². The molecule has 0 spiro atoms. The van der Waals surface area contributed by atoms with Crippen LogP contribution in [-0.2, 0) is 0 Å². The number of nitrogens with zero attached hydrogens (tertiary/aromatic N) is 3. The van der Waals surface area contributed by atoms with Crippen molar-refractivity contribution in [3.63, 3.8) is 0 Å². The van der Waals surface area contributed by atoms with E-state index in [0.717, 1.165) is 32.6 Å². The summed E-state index contributed by atoms with van der Waals surface area (Å²) in [5, 5.41) is 0. The lowest BCUT2D eigenvalue weighted by molar-refractivity contribution is 0.276. The van der Waals surface area contributed by atoms with E-state index >= 15 is 0 Å². The van der Waals surface area contributed by atoms with Gasteiger partial charge in [0, 0.05) is 38.1 Å². The minimum atomic E-state index is 0.317. The van der Waals surface area contributed by atoms with E-state index in [4.69, 9.17) is 0 Å². The summed E-state index contributed by atoms with van der Waals surface area (Å²) >= 11 is 0. The molecule has 0 N–H and O–H groups in total. The lowest BCUT2D eigenvalue weighted by atomic mass is 9.90. The molecule has 0 unspecified atom stereocenters. The van der Waals surface area contributed by atoms with Crippen LogP contribution in [0.1, 0.15) is 27.2 Å². The van der Waals surface area contributed by atoms with E-state index in [1.165, 1.54) is 11.4 Å². The number of piperazine rings is 1. The molecule has 1 saturated heterocycles. The number of rotatable bonds is 3. The smallest absolute Gasteiger partial charge is 0.0553 e. The molecule has 0 saturated carbocycles. The Morgan fingerprint density at radius 2 is 1.95 bits per heavy atom. The third-order valence-corrected chi connectivity index (χ3v) is 3.47. The maximum Gasteiger partial charge on any atom is 0.0553 e. The van der Waals surface area contributed by atoms with Gasteiger partial charge in [-0.3, -0.25) is 4.98 Å². The van der Waals surface area contributed by atoms with Gasteiger partial charge in [-0.15, -0.1) is 0 Å². The molecule has 1 fully saturated rings. The number of pyridine rings is 1. The van der Waals surface area contributed by atoms with Crippen LogP contribution in [0.25, 0.3) is 0 Å². The van der Waals surface area contributed by atoms with Gasteiger partial charge in [0.05, 0.1) is 11.9 Å². The average Bonchev–Trinajstić information content (AvgIpc) is 2.38. The van der Waals surface area contributed by atoms with Gasteiger partial charge >= 0.3 is 0 Å². The molecule has 2 heterocycles. The standard InChI is InChI=1S/C16H25N3/c1-14(12-16(2,3)4)18-8-10-19(11-9-18)15-6-5-7-17-13-15/h5-7,13H,1,8-12H2,2-4H3. The Morgan fingerprint density at radius 1 is 1.26 bits per heavy atom. The molecule has 0 aliphatic carbocycles. The summed E-state index contributed by atoms with van der Waals surface area (Å²) in [6, 6.07) is 4.13. The molecule has 19 heavy (non-hydrogen) atoms. The van der Waals surface area contributed by atoms with Gasteiger partial charge in [0.1, 0.15) is 0 Å². The highest BCUT2D eigenvalue weighted by Crippen LogP contribution is 2.26. The Bertz CT molecular complexity index is 411. The van der Waals surface area contributed by atoms with Crippen molar-refractivity contribution in [3.8, 4) is 0 Å². The van der Waals surface area contributed by atoms with Gasteiger partial charge in [0.2, 0.25) is 0 Å². The Balaban J connectivity index is 1.88. The predicted octanol–water partition coefficient (Wildman–Crippen LogP) is 3.15. The van der Waals surface area contributed by atoms with Gasteiger partial charge in [0.15, 0.2) is 0 Å². The van der Waals surface area contributed by atoms with Gasteiger partial charge in [-0.2, -0.15) is 0 Å². The molecule has 1 aliphatic rings. The second-order valence-corrected chi connectivity index (χ2v) is 6.49. The van der Waals surface area contributed by atoms with Crippen molar-refractivity contribution in [2.45, 2.75) is 27.2 Å². The van der Waals surface area contributed by atoms with Crippen LogP contribution in [0.3, 0.4) is 0 Å². The molecule has 1 aliphatic heterocycles. The zero-order chi connectivity index (χ0) is 13.9. The van der Waals surface area contributed by atoms with Crippen molar-refractivity contribution in [1.29, 1.82) is 0 Å². The van der Waals surface area contributed by atoms with E-state index in [0.29, 0.717) is 5.41 Å². The fourth-order valence-electron chi connectivity index (χ4n) is 2.55. The quantitative estimate of drug-likeness (QED) is 0.831. The highest BCUT2D eigenvalue weighted by molar-refractivity contribution is 5.44. The van der Waals surface area contributed by atoms with E-state index in [2.05, 4.69) is 48.2 Å². The minimum absolute atomic E-state index is 0.317. The first kappa shape index (κ1) is 13.9. The molecule has 1 aromatic heterocycles. The lowest BCUT2D eigenvalue weighted by Gasteiger charge is -2.39. The number of anilines is 1.